The number of fused-ring (bicyclic) bond motifs is 1. The second kappa shape index (κ2) is 3.34. The number of phenols is 1. The molecule has 0 amide bonds. The molecule has 1 aromatic heterocycles. The highest BCUT2D eigenvalue weighted by Gasteiger charge is 2.06. The number of anilines is 1. The van der Waals surface area contributed by atoms with Crippen LogP contribution in [-0.4, -0.2) is 20.8 Å². The lowest BCUT2D eigenvalue weighted by atomic mass is 10.2. The first kappa shape index (κ1) is 9.64. The van der Waals surface area contributed by atoms with Crippen molar-refractivity contribution in [3.8, 4) is 5.75 Å². The highest BCUT2D eigenvalue weighted by Crippen LogP contribution is 2.25. The van der Waals surface area contributed by atoms with Gasteiger partial charge in [0.25, 0.3) is 0 Å². The van der Waals surface area contributed by atoms with Crippen LogP contribution < -0.4 is 11.2 Å². The molecule has 2 aromatic rings. The third kappa shape index (κ3) is 1.68. The molecular formula is C10H14N4O. The summed E-state index contributed by atoms with van der Waals surface area (Å²) >= 11 is 0. The van der Waals surface area contributed by atoms with E-state index in [2.05, 4.69) is 10.4 Å². The van der Waals surface area contributed by atoms with E-state index in [1.807, 2.05) is 13.8 Å². The first-order valence-corrected chi connectivity index (χ1v) is 4.80. The molecule has 0 aliphatic rings. The van der Waals surface area contributed by atoms with Gasteiger partial charge in [0, 0.05) is 12.1 Å². The van der Waals surface area contributed by atoms with Crippen molar-refractivity contribution in [2.75, 3.05) is 11.2 Å². The zero-order valence-electron chi connectivity index (χ0n) is 8.73. The van der Waals surface area contributed by atoms with Gasteiger partial charge in [-0.1, -0.05) is 0 Å². The molecule has 0 saturated heterocycles. The molecule has 0 unspecified atom stereocenters. The molecule has 80 valence electrons. The summed E-state index contributed by atoms with van der Waals surface area (Å²) in [6.07, 6.45) is 1.67. The van der Waals surface area contributed by atoms with Crippen molar-refractivity contribution in [1.82, 2.24) is 9.66 Å². The second-order valence-electron chi connectivity index (χ2n) is 3.80. The number of rotatable bonds is 2. The summed E-state index contributed by atoms with van der Waals surface area (Å²) in [5, 5.41) is 9.41. The number of hydrogen-bond donors (Lipinski definition) is 3. The standard InChI is InChI=1S/C10H14N4O/c1-6(2)13-14-5-12-8-4-10(15)7(11)3-9(8)14/h3-6,13,15H,11H2,1-2H3. The summed E-state index contributed by atoms with van der Waals surface area (Å²) in [5.74, 6) is 0.0669. The van der Waals surface area contributed by atoms with Crippen LogP contribution in [0.5, 0.6) is 5.75 Å². The van der Waals surface area contributed by atoms with Crippen molar-refractivity contribution in [3.05, 3.63) is 18.5 Å². The molecule has 0 spiro atoms. The highest BCUT2D eigenvalue weighted by molar-refractivity contribution is 5.82. The summed E-state index contributed by atoms with van der Waals surface area (Å²) in [4.78, 5) is 4.16. The van der Waals surface area contributed by atoms with E-state index in [0.717, 1.165) is 11.0 Å². The SMILES string of the molecule is CC(C)Nn1cnc2cc(O)c(N)cc21. The van der Waals surface area contributed by atoms with E-state index in [1.54, 1.807) is 23.1 Å². The number of imidazole rings is 1. The summed E-state index contributed by atoms with van der Waals surface area (Å²) in [6, 6.07) is 3.56. The number of nitrogen functional groups attached to an aromatic ring is 1. The van der Waals surface area contributed by atoms with Gasteiger partial charge in [-0.15, -0.1) is 0 Å². The Morgan fingerprint density at radius 1 is 1.47 bits per heavy atom. The lowest BCUT2D eigenvalue weighted by Gasteiger charge is -2.11. The molecule has 0 aliphatic carbocycles. The van der Waals surface area contributed by atoms with Gasteiger partial charge in [-0.05, 0) is 19.9 Å². The van der Waals surface area contributed by atoms with E-state index in [9.17, 15) is 5.11 Å². The molecule has 1 heterocycles. The fourth-order valence-corrected chi connectivity index (χ4v) is 1.44. The first-order chi connectivity index (χ1) is 7.08. The average molecular weight is 206 g/mol. The topological polar surface area (TPSA) is 76.1 Å². The predicted molar refractivity (Wildman–Crippen MR) is 60.3 cm³/mol. The lowest BCUT2D eigenvalue weighted by molar-refractivity contribution is 0.478. The number of nitrogens with zero attached hydrogens (tertiary/aromatic N) is 2. The predicted octanol–water partition coefficient (Wildman–Crippen LogP) is 1.28. The van der Waals surface area contributed by atoms with Gasteiger partial charge in [0.1, 0.15) is 12.1 Å². The molecule has 5 nitrogen and oxygen atoms in total. The molecular weight excluding hydrogens is 192 g/mol. The Morgan fingerprint density at radius 2 is 2.20 bits per heavy atom. The minimum atomic E-state index is 0.0669. The Labute approximate surface area is 87.5 Å². The molecule has 0 fully saturated rings. The Hall–Kier alpha value is -1.91. The number of nitrogens with two attached hydrogens (primary N) is 1. The van der Waals surface area contributed by atoms with E-state index in [1.165, 1.54) is 0 Å². The Kier molecular flexibility index (Phi) is 2.15. The Bertz CT molecular complexity index is 489. The maximum Gasteiger partial charge on any atom is 0.140 e. The van der Waals surface area contributed by atoms with Gasteiger partial charge >= 0.3 is 0 Å². The number of phenolic OH excluding ortho intramolecular Hbond substituents is 1. The van der Waals surface area contributed by atoms with Gasteiger partial charge in [0.15, 0.2) is 0 Å². The van der Waals surface area contributed by atoms with Gasteiger partial charge in [-0.2, -0.15) is 0 Å². The molecule has 4 N–H and O–H groups in total. The molecule has 0 aliphatic heterocycles. The van der Waals surface area contributed by atoms with Crippen molar-refractivity contribution in [2.24, 2.45) is 0 Å². The zero-order valence-corrected chi connectivity index (χ0v) is 8.73. The quantitative estimate of drug-likeness (QED) is 0.511. The molecule has 5 heteroatoms. The summed E-state index contributed by atoms with van der Waals surface area (Å²) < 4.78 is 1.80. The third-order valence-electron chi connectivity index (χ3n) is 2.09. The van der Waals surface area contributed by atoms with Crippen molar-refractivity contribution < 1.29 is 5.11 Å². The highest BCUT2D eigenvalue weighted by atomic mass is 16.3. The van der Waals surface area contributed by atoms with E-state index >= 15 is 0 Å². The van der Waals surface area contributed by atoms with Gasteiger partial charge in [-0.25, -0.2) is 9.66 Å². The van der Waals surface area contributed by atoms with E-state index in [-0.39, 0.29) is 5.75 Å². The monoisotopic (exact) mass is 206 g/mol. The number of nitrogens with one attached hydrogen (secondary N) is 1. The van der Waals surface area contributed by atoms with E-state index < -0.39 is 0 Å². The van der Waals surface area contributed by atoms with Gasteiger partial charge in [0.05, 0.1) is 16.7 Å². The van der Waals surface area contributed by atoms with Crippen molar-refractivity contribution in [2.45, 2.75) is 19.9 Å². The third-order valence-corrected chi connectivity index (χ3v) is 2.09. The smallest absolute Gasteiger partial charge is 0.140 e. The summed E-state index contributed by atoms with van der Waals surface area (Å²) in [7, 11) is 0. The van der Waals surface area contributed by atoms with Crippen molar-refractivity contribution >= 4 is 16.7 Å². The Balaban J connectivity index is 2.54. The lowest BCUT2D eigenvalue weighted by Crippen LogP contribution is -2.21. The summed E-state index contributed by atoms with van der Waals surface area (Å²) in [5.41, 5.74) is 10.8. The van der Waals surface area contributed by atoms with Gasteiger partial charge < -0.3 is 16.3 Å². The molecule has 15 heavy (non-hydrogen) atoms. The van der Waals surface area contributed by atoms with Crippen LogP contribution in [0.15, 0.2) is 18.5 Å². The molecule has 1 aromatic carbocycles. The minimum absolute atomic E-state index is 0.0669. The van der Waals surface area contributed by atoms with Crippen LogP contribution in [-0.2, 0) is 0 Å². The number of aromatic nitrogens is 2. The number of benzene rings is 1. The second-order valence-corrected chi connectivity index (χ2v) is 3.80. The van der Waals surface area contributed by atoms with Crippen molar-refractivity contribution in [1.29, 1.82) is 0 Å². The number of aromatic hydroxyl groups is 1. The molecule has 0 radical (unpaired) electrons. The van der Waals surface area contributed by atoms with E-state index in [4.69, 9.17) is 5.73 Å². The van der Waals surface area contributed by atoms with Crippen LogP contribution in [0.2, 0.25) is 0 Å². The van der Waals surface area contributed by atoms with Crippen LogP contribution in [0, 0.1) is 0 Å². The maximum atomic E-state index is 9.41. The fourth-order valence-electron chi connectivity index (χ4n) is 1.44. The Morgan fingerprint density at radius 3 is 2.87 bits per heavy atom. The van der Waals surface area contributed by atoms with Crippen LogP contribution in [0.1, 0.15) is 13.8 Å². The van der Waals surface area contributed by atoms with E-state index in [0.29, 0.717) is 11.7 Å². The first-order valence-electron chi connectivity index (χ1n) is 4.80. The molecule has 0 atom stereocenters. The summed E-state index contributed by atoms with van der Waals surface area (Å²) in [6.45, 7) is 4.07. The number of hydrogen-bond acceptors (Lipinski definition) is 4. The average Bonchev–Trinajstić information content (AvgIpc) is 2.49. The van der Waals surface area contributed by atoms with Gasteiger partial charge in [-0.3, -0.25) is 0 Å². The molecule has 0 bridgehead atoms. The van der Waals surface area contributed by atoms with Crippen LogP contribution in [0.25, 0.3) is 11.0 Å². The normalized spacial score (nSPS) is 11.1. The van der Waals surface area contributed by atoms with Crippen LogP contribution >= 0.6 is 0 Å². The largest absolute Gasteiger partial charge is 0.506 e. The van der Waals surface area contributed by atoms with Gasteiger partial charge in [0.2, 0.25) is 0 Å². The van der Waals surface area contributed by atoms with Crippen molar-refractivity contribution in [3.63, 3.8) is 0 Å². The fraction of sp³-hybridized carbons (Fsp3) is 0.300. The molecule has 0 saturated carbocycles. The zero-order chi connectivity index (χ0) is 11.0. The molecule has 2 rings (SSSR count). The van der Waals surface area contributed by atoms with Crippen LogP contribution in [0.4, 0.5) is 5.69 Å². The van der Waals surface area contributed by atoms with Crippen LogP contribution in [0.3, 0.4) is 0 Å². The minimum Gasteiger partial charge on any atom is -0.506 e. The maximum absolute atomic E-state index is 9.41.